The summed E-state index contributed by atoms with van der Waals surface area (Å²) in [5.41, 5.74) is 0. The smallest absolute Gasteiger partial charge is 0.311 e. The zero-order valence-electron chi connectivity index (χ0n) is 20.9. The predicted molar refractivity (Wildman–Crippen MR) is 122 cm³/mol. The Morgan fingerprint density at radius 1 is 0.625 bits per heavy atom. The van der Waals surface area contributed by atoms with Crippen molar-refractivity contribution in [3.8, 4) is 0 Å². The zero-order chi connectivity index (χ0) is 23.4. The SMILES string of the molecule is CCC[C@@H]1OC(=O)[C@H](C)[C@H]2CC[C@H](O2)[C@H](C)[C@@H](CCC)OC(=O)[C@@H](C)[C@H]2CC[C@H](O2)[C@H]1C. The fraction of sp³-hybridized carbons (Fsp3) is 0.923. The van der Waals surface area contributed by atoms with Crippen LogP contribution in [0.3, 0.4) is 0 Å². The Kier molecular flexibility index (Phi) is 9.02. The van der Waals surface area contributed by atoms with Gasteiger partial charge in [-0.3, -0.25) is 9.59 Å². The summed E-state index contributed by atoms with van der Waals surface area (Å²) in [5, 5.41) is 0. The Balaban J connectivity index is 1.85. The van der Waals surface area contributed by atoms with Gasteiger partial charge in [0.05, 0.1) is 36.3 Å². The molecule has 0 aromatic rings. The first kappa shape index (κ1) is 25.5. The van der Waals surface area contributed by atoms with Crippen LogP contribution in [-0.2, 0) is 28.5 Å². The van der Waals surface area contributed by atoms with Crippen LogP contribution in [0.2, 0.25) is 0 Å². The molecular formula is C26H44O6. The topological polar surface area (TPSA) is 71.1 Å². The summed E-state index contributed by atoms with van der Waals surface area (Å²) in [5.74, 6) is -0.790. The number of carbonyl (C=O) groups excluding carboxylic acids is 2. The minimum absolute atomic E-state index is 0.0136. The normalized spacial score (nSPS) is 43.7. The first-order valence-corrected chi connectivity index (χ1v) is 13.0. The van der Waals surface area contributed by atoms with Crippen LogP contribution in [0, 0.1) is 23.7 Å². The summed E-state index contributed by atoms with van der Waals surface area (Å²) in [7, 11) is 0. The van der Waals surface area contributed by atoms with E-state index in [1.807, 2.05) is 13.8 Å². The van der Waals surface area contributed by atoms with E-state index in [1.54, 1.807) is 0 Å². The first-order valence-electron chi connectivity index (χ1n) is 13.0. The highest BCUT2D eigenvalue weighted by Gasteiger charge is 2.43. The van der Waals surface area contributed by atoms with Crippen LogP contribution in [0.25, 0.3) is 0 Å². The van der Waals surface area contributed by atoms with Crippen molar-refractivity contribution in [2.75, 3.05) is 0 Å². The van der Waals surface area contributed by atoms with Gasteiger partial charge in [-0.1, -0.05) is 40.5 Å². The molecule has 0 saturated carbocycles. The molecule has 3 fully saturated rings. The fourth-order valence-electron chi connectivity index (χ4n) is 5.61. The molecule has 3 heterocycles. The summed E-state index contributed by atoms with van der Waals surface area (Å²) in [6.07, 6.45) is 6.22. The molecule has 3 rings (SSSR count). The lowest BCUT2D eigenvalue weighted by atomic mass is 9.91. The molecule has 32 heavy (non-hydrogen) atoms. The minimum Gasteiger partial charge on any atom is -0.462 e. The third-order valence-corrected chi connectivity index (χ3v) is 8.06. The number of esters is 2. The second-order valence-corrected chi connectivity index (χ2v) is 10.4. The van der Waals surface area contributed by atoms with E-state index in [-0.39, 0.29) is 72.2 Å². The van der Waals surface area contributed by atoms with E-state index < -0.39 is 0 Å². The number of hydrogen-bond donors (Lipinski definition) is 0. The number of carbonyl (C=O) groups is 2. The second kappa shape index (κ2) is 11.3. The van der Waals surface area contributed by atoms with Gasteiger partial charge in [-0.15, -0.1) is 0 Å². The van der Waals surface area contributed by atoms with Gasteiger partial charge in [-0.25, -0.2) is 0 Å². The molecule has 184 valence electrons. The molecule has 0 unspecified atom stereocenters. The van der Waals surface area contributed by atoms with Crippen molar-refractivity contribution >= 4 is 11.9 Å². The quantitative estimate of drug-likeness (QED) is 0.555. The van der Waals surface area contributed by atoms with Crippen molar-refractivity contribution in [3.63, 3.8) is 0 Å². The number of cyclic esters (lactones) is 2. The van der Waals surface area contributed by atoms with Gasteiger partial charge in [-0.05, 0) is 52.4 Å². The molecule has 6 nitrogen and oxygen atoms in total. The fourth-order valence-corrected chi connectivity index (χ4v) is 5.61. The Labute approximate surface area is 194 Å². The van der Waals surface area contributed by atoms with Gasteiger partial charge in [0.15, 0.2) is 0 Å². The summed E-state index contributed by atoms with van der Waals surface area (Å²) in [6.45, 7) is 12.3. The molecule has 6 heteroatoms. The monoisotopic (exact) mass is 452 g/mol. The highest BCUT2D eigenvalue weighted by Crippen LogP contribution is 2.37. The van der Waals surface area contributed by atoms with Gasteiger partial charge in [0.1, 0.15) is 12.2 Å². The molecule has 0 aromatic heterocycles. The predicted octanol–water partition coefficient (Wildman–Crippen LogP) is 5.06. The zero-order valence-corrected chi connectivity index (χ0v) is 20.9. The minimum atomic E-state index is -0.309. The lowest BCUT2D eigenvalue weighted by Crippen LogP contribution is -2.40. The first-order chi connectivity index (χ1) is 15.3. The van der Waals surface area contributed by atoms with Gasteiger partial charge in [0, 0.05) is 11.8 Å². The molecule has 0 radical (unpaired) electrons. The number of ether oxygens (including phenoxy) is 4. The standard InChI is InChI=1S/C26H44O6/c1-7-9-19-15(3)21-11-13-24(29-21)18(6)26(28)32-20(10-8-2)16(4)22-12-14-23(30-22)17(5)25(27)31-19/h15-24H,7-14H2,1-6H3/t15-,16+,17+,18-,19-,20+,21-,22-,23+,24+/m0/s1. The largest absolute Gasteiger partial charge is 0.462 e. The van der Waals surface area contributed by atoms with Gasteiger partial charge in [0.25, 0.3) is 0 Å². The van der Waals surface area contributed by atoms with Crippen molar-refractivity contribution < 1.29 is 28.5 Å². The van der Waals surface area contributed by atoms with Gasteiger partial charge in [0.2, 0.25) is 0 Å². The van der Waals surface area contributed by atoms with Gasteiger partial charge < -0.3 is 18.9 Å². The Morgan fingerprint density at radius 2 is 0.969 bits per heavy atom. The lowest BCUT2D eigenvalue weighted by Gasteiger charge is -2.33. The van der Waals surface area contributed by atoms with Crippen LogP contribution in [-0.4, -0.2) is 48.6 Å². The van der Waals surface area contributed by atoms with Crippen LogP contribution >= 0.6 is 0 Å². The van der Waals surface area contributed by atoms with E-state index >= 15 is 0 Å². The molecule has 0 spiro atoms. The maximum absolute atomic E-state index is 13.1. The van der Waals surface area contributed by atoms with Crippen molar-refractivity contribution in [1.82, 2.24) is 0 Å². The van der Waals surface area contributed by atoms with Crippen LogP contribution in [0.4, 0.5) is 0 Å². The molecule has 4 bridgehead atoms. The number of rotatable bonds is 4. The maximum Gasteiger partial charge on any atom is 0.311 e. The van der Waals surface area contributed by atoms with Crippen LogP contribution in [0.15, 0.2) is 0 Å². The second-order valence-electron chi connectivity index (χ2n) is 10.4. The molecule has 3 aliphatic heterocycles. The van der Waals surface area contributed by atoms with Crippen molar-refractivity contribution in [2.45, 2.75) is 130 Å². The van der Waals surface area contributed by atoms with E-state index in [9.17, 15) is 9.59 Å². The van der Waals surface area contributed by atoms with E-state index in [2.05, 4.69) is 27.7 Å². The summed E-state index contributed by atoms with van der Waals surface area (Å²) in [6, 6.07) is 0. The molecule has 0 amide bonds. The average molecular weight is 453 g/mol. The highest BCUT2D eigenvalue weighted by molar-refractivity contribution is 5.73. The highest BCUT2D eigenvalue weighted by atomic mass is 16.6. The number of hydrogen-bond acceptors (Lipinski definition) is 6. The Morgan fingerprint density at radius 3 is 1.31 bits per heavy atom. The summed E-state index contributed by atoms with van der Waals surface area (Å²) >= 11 is 0. The van der Waals surface area contributed by atoms with E-state index in [0.717, 1.165) is 51.4 Å². The maximum atomic E-state index is 13.1. The molecular weight excluding hydrogens is 408 g/mol. The van der Waals surface area contributed by atoms with Crippen LogP contribution in [0.1, 0.15) is 92.9 Å². The van der Waals surface area contributed by atoms with Gasteiger partial charge in [-0.2, -0.15) is 0 Å². The lowest BCUT2D eigenvalue weighted by molar-refractivity contribution is -0.171. The molecule has 0 aliphatic carbocycles. The van der Waals surface area contributed by atoms with E-state index in [1.165, 1.54) is 0 Å². The van der Waals surface area contributed by atoms with Crippen molar-refractivity contribution in [2.24, 2.45) is 23.7 Å². The van der Waals surface area contributed by atoms with Crippen molar-refractivity contribution in [1.29, 1.82) is 0 Å². The third-order valence-electron chi connectivity index (χ3n) is 8.06. The van der Waals surface area contributed by atoms with Crippen LogP contribution < -0.4 is 0 Å². The van der Waals surface area contributed by atoms with Crippen molar-refractivity contribution in [3.05, 3.63) is 0 Å². The Hall–Kier alpha value is -1.14. The molecule has 10 atom stereocenters. The summed E-state index contributed by atoms with van der Waals surface area (Å²) < 4.78 is 24.8. The summed E-state index contributed by atoms with van der Waals surface area (Å²) in [4.78, 5) is 26.1. The van der Waals surface area contributed by atoms with Gasteiger partial charge >= 0.3 is 11.9 Å². The molecule has 3 aliphatic rings. The molecule has 0 aromatic carbocycles. The molecule has 3 saturated heterocycles. The number of fused-ring (bicyclic) bond motifs is 4. The average Bonchev–Trinajstić information content (AvgIpc) is 3.46. The third kappa shape index (κ3) is 5.67. The molecule has 0 N–H and O–H groups in total. The van der Waals surface area contributed by atoms with E-state index in [0.29, 0.717) is 0 Å². The van der Waals surface area contributed by atoms with E-state index in [4.69, 9.17) is 18.9 Å². The van der Waals surface area contributed by atoms with Crippen LogP contribution in [0.5, 0.6) is 0 Å². The Bertz CT molecular complexity index is 582.